The zero-order valence-electron chi connectivity index (χ0n) is 9.17. The van der Waals surface area contributed by atoms with Crippen molar-refractivity contribution in [3.8, 4) is 11.5 Å². The Labute approximate surface area is 98.4 Å². The Bertz CT molecular complexity index is 364. The normalized spacial score (nSPS) is 12.6. The number of benzene rings is 1. The van der Waals surface area contributed by atoms with E-state index in [1.54, 1.807) is 0 Å². The van der Waals surface area contributed by atoms with Crippen molar-refractivity contribution in [1.29, 1.82) is 0 Å². The van der Waals surface area contributed by atoms with Gasteiger partial charge in [0, 0.05) is 6.04 Å². The molecule has 1 aromatic carbocycles. The molecule has 0 aromatic heterocycles. The lowest BCUT2D eigenvalue weighted by molar-refractivity contribution is 0.371. The molecule has 0 bridgehead atoms. The minimum absolute atomic E-state index is 0.0628. The van der Waals surface area contributed by atoms with Crippen LogP contribution in [0.15, 0.2) is 10.5 Å². The van der Waals surface area contributed by atoms with Crippen LogP contribution in [-0.2, 0) is 6.42 Å². The number of nitrogens with two attached hydrogens (primary N) is 1. The summed E-state index contributed by atoms with van der Waals surface area (Å²) in [4.78, 5) is 0. The van der Waals surface area contributed by atoms with Gasteiger partial charge in [-0.3, -0.25) is 0 Å². The number of hydrogen-bond donors (Lipinski definition) is 2. The summed E-state index contributed by atoms with van der Waals surface area (Å²) in [5, 5.41) is 9.80. The topological polar surface area (TPSA) is 55.5 Å². The fraction of sp³-hybridized carbons (Fsp3) is 0.455. The van der Waals surface area contributed by atoms with Gasteiger partial charge in [0.2, 0.25) is 0 Å². The number of hydrogen-bond acceptors (Lipinski definition) is 3. The van der Waals surface area contributed by atoms with E-state index in [4.69, 9.17) is 10.5 Å². The van der Waals surface area contributed by atoms with Crippen LogP contribution in [0.4, 0.5) is 0 Å². The van der Waals surface area contributed by atoms with Crippen molar-refractivity contribution in [1.82, 2.24) is 0 Å². The van der Waals surface area contributed by atoms with E-state index in [2.05, 4.69) is 15.9 Å². The van der Waals surface area contributed by atoms with Gasteiger partial charge < -0.3 is 15.6 Å². The average molecular weight is 274 g/mol. The molecule has 0 aliphatic heterocycles. The number of phenolic OH excluding ortho intramolecular Hbond substituents is 1. The van der Waals surface area contributed by atoms with Crippen LogP contribution in [-0.4, -0.2) is 18.3 Å². The van der Waals surface area contributed by atoms with E-state index in [-0.39, 0.29) is 11.8 Å². The smallest absolute Gasteiger partial charge is 0.172 e. The van der Waals surface area contributed by atoms with Gasteiger partial charge >= 0.3 is 0 Å². The van der Waals surface area contributed by atoms with Gasteiger partial charge in [-0.1, -0.05) is 0 Å². The maximum Gasteiger partial charge on any atom is 0.172 e. The molecule has 0 heterocycles. The van der Waals surface area contributed by atoms with Crippen LogP contribution in [0.25, 0.3) is 0 Å². The quantitative estimate of drug-likeness (QED) is 0.889. The van der Waals surface area contributed by atoms with Crippen LogP contribution in [0.2, 0.25) is 0 Å². The van der Waals surface area contributed by atoms with E-state index in [1.165, 1.54) is 7.11 Å². The Kier molecular flexibility index (Phi) is 3.99. The van der Waals surface area contributed by atoms with E-state index < -0.39 is 0 Å². The van der Waals surface area contributed by atoms with E-state index >= 15 is 0 Å². The summed E-state index contributed by atoms with van der Waals surface area (Å²) >= 11 is 3.37. The first kappa shape index (κ1) is 12.3. The number of aryl methyl sites for hydroxylation is 1. The summed E-state index contributed by atoms with van der Waals surface area (Å²) in [6, 6.07) is 1.88. The van der Waals surface area contributed by atoms with Gasteiger partial charge in [0.15, 0.2) is 11.5 Å². The van der Waals surface area contributed by atoms with Gasteiger partial charge in [-0.2, -0.15) is 0 Å². The summed E-state index contributed by atoms with van der Waals surface area (Å²) in [7, 11) is 1.53. The predicted molar refractivity (Wildman–Crippen MR) is 64.4 cm³/mol. The molecule has 4 heteroatoms. The molecular weight excluding hydrogens is 258 g/mol. The average Bonchev–Trinajstić information content (AvgIpc) is 2.18. The highest BCUT2D eigenvalue weighted by Gasteiger charge is 2.14. The molecule has 0 fully saturated rings. The number of methoxy groups -OCH3 is 1. The molecule has 3 N–H and O–H groups in total. The Hall–Kier alpha value is -0.740. The van der Waals surface area contributed by atoms with Gasteiger partial charge in [0.05, 0.1) is 11.6 Å². The third-order valence-corrected chi connectivity index (χ3v) is 3.13. The number of ether oxygens (including phenoxy) is 1. The maximum absolute atomic E-state index is 9.80. The van der Waals surface area contributed by atoms with Gasteiger partial charge in [-0.15, -0.1) is 0 Å². The monoisotopic (exact) mass is 273 g/mol. The van der Waals surface area contributed by atoms with Crippen LogP contribution >= 0.6 is 15.9 Å². The first-order valence-corrected chi connectivity index (χ1v) is 5.57. The summed E-state index contributed by atoms with van der Waals surface area (Å²) < 4.78 is 5.73. The molecule has 1 aromatic rings. The summed E-state index contributed by atoms with van der Waals surface area (Å²) in [5.41, 5.74) is 7.84. The second-order valence-electron chi connectivity index (χ2n) is 3.72. The van der Waals surface area contributed by atoms with Crippen molar-refractivity contribution in [2.45, 2.75) is 26.3 Å². The Balaban J connectivity index is 3.23. The summed E-state index contributed by atoms with van der Waals surface area (Å²) in [6.07, 6.45) is 0.726. The van der Waals surface area contributed by atoms with Crippen molar-refractivity contribution in [2.24, 2.45) is 5.73 Å². The molecule has 0 aliphatic rings. The van der Waals surface area contributed by atoms with Crippen LogP contribution in [0.1, 0.15) is 18.1 Å². The molecule has 1 unspecified atom stereocenters. The van der Waals surface area contributed by atoms with Crippen molar-refractivity contribution >= 4 is 15.9 Å². The van der Waals surface area contributed by atoms with Crippen molar-refractivity contribution in [3.05, 3.63) is 21.7 Å². The molecule has 1 atom stereocenters. The summed E-state index contributed by atoms with van der Waals surface area (Å²) in [6.45, 7) is 3.91. The lowest BCUT2D eigenvalue weighted by atomic mass is 10.0. The highest BCUT2D eigenvalue weighted by Crippen LogP contribution is 2.38. The van der Waals surface area contributed by atoms with Crippen LogP contribution < -0.4 is 10.5 Å². The fourth-order valence-electron chi connectivity index (χ4n) is 1.50. The third kappa shape index (κ3) is 2.63. The van der Waals surface area contributed by atoms with Crippen LogP contribution in [0.5, 0.6) is 11.5 Å². The van der Waals surface area contributed by atoms with E-state index in [1.807, 2.05) is 19.9 Å². The minimum atomic E-state index is 0.0628. The number of aromatic hydroxyl groups is 1. The van der Waals surface area contributed by atoms with E-state index in [0.717, 1.165) is 17.5 Å². The molecule has 0 saturated heterocycles. The lowest BCUT2D eigenvalue weighted by Gasteiger charge is -2.14. The highest BCUT2D eigenvalue weighted by molar-refractivity contribution is 9.10. The van der Waals surface area contributed by atoms with Crippen LogP contribution in [0.3, 0.4) is 0 Å². The molecule has 1 rings (SSSR count). The van der Waals surface area contributed by atoms with Gasteiger partial charge in [0.1, 0.15) is 0 Å². The Morgan fingerprint density at radius 1 is 1.60 bits per heavy atom. The third-order valence-electron chi connectivity index (χ3n) is 2.28. The predicted octanol–water partition coefficient (Wildman–Crippen LogP) is 2.36. The number of rotatable bonds is 3. The van der Waals surface area contributed by atoms with Crippen molar-refractivity contribution in [2.75, 3.05) is 7.11 Å². The van der Waals surface area contributed by atoms with Gasteiger partial charge in [0.25, 0.3) is 0 Å². The van der Waals surface area contributed by atoms with Gasteiger partial charge in [-0.25, -0.2) is 0 Å². The number of halogens is 1. The standard InChI is InChI=1S/C11H16BrNO2/c1-6-4-9(15-3)11(14)10(12)8(6)5-7(2)13/h4,7,14H,5,13H2,1-3H3. The molecule has 0 spiro atoms. The maximum atomic E-state index is 9.80. The minimum Gasteiger partial charge on any atom is -0.503 e. The SMILES string of the molecule is COc1cc(C)c(CC(C)N)c(Br)c1O. The molecule has 15 heavy (non-hydrogen) atoms. The van der Waals surface area contributed by atoms with Gasteiger partial charge in [-0.05, 0) is 53.4 Å². The number of phenols is 1. The van der Waals surface area contributed by atoms with E-state index in [0.29, 0.717) is 10.2 Å². The molecule has 0 radical (unpaired) electrons. The largest absolute Gasteiger partial charge is 0.503 e. The van der Waals surface area contributed by atoms with Crippen LogP contribution in [0, 0.1) is 6.92 Å². The molecule has 0 amide bonds. The summed E-state index contributed by atoms with van der Waals surface area (Å²) in [5.74, 6) is 0.617. The zero-order valence-corrected chi connectivity index (χ0v) is 10.8. The molecule has 0 saturated carbocycles. The Morgan fingerprint density at radius 3 is 2.67 bits per heavy atom. The second kappa shape index (κ2) is 4.86. The first-order valence-electron chi connectivity index (χ1n) is 4.77. The fourth-order valence-corrected chi connectivity index (χ4v) is 2.17. The molecule has 0 aliphatic carbocycles. The highest BCUT2D eigenvalue weighted by atomic mass is 79.9. The molecule has 84 valence electrons. The first-order chi connectivity index (χ1) is 6.97. The van der Waals surface area contributed by atoms with Crippen molar-refractivity contribution < 1.29 is 9.84 Å². The Morgan fingerprint density at radius 2 is 2.20 bits per heavy atom. The van der Waals surface area contributed by atoms with Crippen molar-refractivity contribution in [3.63, 3.8) is 0 Å². The zero-order chi connectivity index (χ0) is 11.6. The van der Waals surface area contributed by atoms with E-state index in [9.17, 15) is 5.11 Å². The second-order valence-corrected chi connectivity index (χ2v) is 4.51. The molecule has 3 nitrogen and oxygen atoms in total. The molecular formula is C11H16BrNO2. The lowest BCUT2D eigenvalue weighted by Crippen LogP contribution is -2.18.